The van der Waals surface area contributed by atoms with Crippen molar-refractivity contribution in [1.82, 2.24) is 9.80 Å². The summed E-state index contributed by atoms with van der Waals surface area (Å²) in [5.74, 6) is 1.53. The van der Waals surface area contributed by atoms with Crippen molar-refractivity contribution < 1.29 is 9.15 Å². The topological polar surface area (TPSA) is 40.9 Å². The third-order valence-electron chi connectivity index (χ3n) is 4.70. The summed E-state index contributed by atoms with van der Waals surface area (Å²) in [6, 6.07) is 9.83. The highest BCUT2D eigenvalue weighted by molar-refractivity contribution is 7.80. The van der Waals surface area contributed by atoms with Gasteiger partial charge < -0.3 is 24.3 Å². The molecule has 1 aromatic carbocycles. The van der Waals surface area contributed by atoms with E-state index in [4.69, 9.17) is 33.0 Å². The van der Waals surface area contributed by atoms with E-state index in [-0.39, 0.29) is 0 Å². The van der Waals surface area contributed by atoms with Crippen molar-refractivity contribution in [2.75, 3.05) is 32.6 Å². The van der Waals surface area contributed by atoms with Crippen LogP contribution in [-0.4, -0.2) is 48.2 Å². The van der Waals surface area contributed by atoms with Gasteiger partial charge in [0.2, 0.25) is 0 Å². The molecule has 5 nitrogen and oxygen atoms in total. The highest BCUT2D eigenvalue weighted by Gasteiger charge is 2.26. The van der Waals surface area contributed by atoms with Gasteiger partial charge in [-0.05, 0) is 69.5 Å². The van der Waals surface area contributed by atoms with E-state index in [1.807, 2.05) is 24.3 Å². The van der Waals surface area contributed by atoms with Gasteiger partial charge in [-0.3, -0.25) is 0 Å². The first-order chi connectivity index (χ1) is 12.6. The first-order valence-corrected chi connectivity index (χ1v) is 9.47. The van der Waals surface area contributed by atoms with Crippen LogP contribution in [0.5, 0.6) is 5.75 Å². The lowest BCUT2D eigenvalue weighted by Gasteiger charge is -2.38. The monoisotopic (exact) mass is 393 g/mol. The summed E-state index contributed by atoms with van der Waals surface area (Å²) >= 11 is 11.9. The molecule has 7 heteroatoms. The molecule has 1 aliphatic heterocycles. The minimum Gasteiger partial charge on any atom is -0.495 e. The molecule has 1 N–H and O–H groups in total. The summed E-state index contributed by atoms with van der Waals surface area (Å²) < 4.78 is 10.8. The Kier molecular flexibility index (Phi) is 6.40. The first-order valence-electron chi connectivity index (χ1n) is 8.69. The van der Waals surface area contributed by atoms with Gasteiger partial charge in [-0.2, -0.15) is 0 Å². The van der Waals surface area contributed by atoms with Crippen LogP contribution in [0.15, 0.2) is 41.0 Å². The minimum atomic E-state index is 0.380. The molecule has 0 amide bonds. The molecule has 2 aromatic rings. The van der Waals surface area contributed by atoms with Crippen LogP contribution in [0.25, 0.3) is 0 Å². The van der Waals surface area contributed by atoms with E-state index in [1.165, 1.54) is 0 Å². The Morgan fingerprint density at radius 3 is 2.81 bits per heavy atom. The second-order valence-corrected chi connectivity index (χ2v) is 7.32. The van der Waals surface area contributed by atoms with Crippen LogP contribution in [0.1, 0.15) is 18.6 Å². The predicted molar refractivity (Wildman–Crippen MR) is 109 cm³/mol. The van der Waals surface area contributed by atoms with E-state index in [1.54, 1.807) is 19.4 Å². The number of rotatable bonds is 5. The summed E-state index contributed by atoms with van der Waals surface area (Å²) in [7, 11) is 3.76. The van der Waals surface area contributed by atoms with Crippen LogP contribution in [0.3, 0.4) is 0 Å². The summed E-state index contributed by atoms with van der Waals surface area (Å²) in [6.07, 6.45) is 3.84. The molecule has 140 valence electrons. The molecule has 0 saturated carbocycles. The Bertz CT molecular complexity index is 730. The zero-order valence-corrected chi connectivity index (χ0v) is 16.6. The van der Waals surface area contributed by atoms with Gasteiger partial charge in [0.05, 0.1) is 24.9 Å². The van der Waals surface area contributed by atoms with Gasteiger partial charge in [-0.15, -0.1) is 0 Å². The van der Waals surface area contributed by atoms with Crippen molar-refractivity contribution >= 4 is 34.6 Å². The lowest BCUT2D eigenvalue weighted by Crippen LogP contribution is -2.47. The number of thiocarbonyl (C=S) groups is 1. The third-order valence-corrected chi connectivity index (χ3v) is 5.35. The number of anilines is 1. The van der Waals surface area contributed by atoms with Gasteiger partial charge in [0, 0.05) is 17.8 Å². The normalized spacial score (nSPS) is 15.7. The standard InChI is InChI=1S/C19H24ClN3O2S/c1-22-9-7-15(8-10-22)23(13-16-4-3-11-25-16)19(26)21-14-5-6-17(20)18(12-14)24-2/h3-6,11-12,15H,7-10,13H2,1-2H3,(H,21,26). The van der Waals surface area contributed by atoms with Crippen LogP contribution in [-0.2, 0) is 6.54 Å². The van der Waals surface area contributed by atoms with Crippen molar-refractivity contribution in [2.45, 2.75) is 25.4 Å². The smallest absolute Gasteiger partial charge is 0.174 e. The molecular formula is C19H24ClN3O2S. The van der Waals surface area contributed by atoms with Gasteiger partial charge in [0.25, 0.3) is 0 Å². The summed E-state index contributed by atoms with van der Waals surface area (Å²) in [5.41, 5.74) is 0.855. The molecule has 0 aliphatic carbocycles. The quantitative estimate of drug-likeness (QED) is 0.766. The fraction of sp³-hybridized carbons (Fsp3) is 0.421. The number of methoxy groups -OCH3 is 1. The fourth-order valence-electron chi connectivity index (χ4n) is 3.18. The largest absolute Gasteiger partial charge is 0.495 e. The average Bonchev–Trinajstić information content (AvgIpc) is 3.15. The van der Waals surface area contributed by atoms with Gasteiger partial charge in [0.15, 0.2) is 5.11 Å². The number of benzene rings is 1. The molecule has 1 aromatic heterocycles. The maximum Gasteiger partial charge on any atom is 0.174 e. The van der Waals surface area contributed by atoms with Crippen molar-refractivity contribution in [3.8, 4) is 5.75 Å². The number of likely N-dealkylation sites (tertiary alicyclic amines) is 1. The zero-order chi connectivity index (χ0) is 18.5. The van der Waals surface area contributed by atoms with Crippen LogP contribution in [0, 0.1) is 0 Å². The van der Waals surface area contributed by atoms with Gasteiger partial charge in [0.1, 0.15) is 11.5 Å². The number of nitrogens with one attached hydrogen (secondary N) is 1. The fourth-order valence-corrected chi connectivity index (χ4v) is 3.70. The maximum atomic E-state index is 6.11. The number of piperidine rings is 1. The lowest BCUT2D eigenvalue weighted by atomic mass is 10.0. The van der Waals surface area contributed by atoms with Crippen LogP contribution < -0.4 is 10.1 Å². The molecule has 3 rings (SSSR count). The summed E-state index contributed by atoms with van der Waals surface area (Å²) in [5, 5.41) is 4.58. The summed E-state index contributed by atoms with van der Waals surface area (Å²) in [4.78, 5) is 4.57. The Balaban J connectivity index is 1.75. The second-order valence-electron chi connectivity index (χ2n) is 6.52. The van der Waals surface area contributed by atoms with E-state index < -0.39 is 0 Å². The molecule has 1 fully saturated rings. The highest BCUT2D eigenvalue weighted by Crippen LogP contribution is 2.28. The van der Waals surface area contributed by atoms with Crippen LogP contribution in [0.4, 0.5) is 5.69 Å². The average molecular weight is 394 g/mol. The number of hydrogen-bond acceptors (Lipinski definition) is 4. The maximum absolute atomic E-state index is 6.11. The minimum absolute atomic E-state index is 0.380. The molecule has 0 atom stereocenters. The Morgan fingerprint density at radius 2 is 2.15 bits per heavy atom. The van der Waals surface area contributed by atoms with E-state index in [9.17, 15) is 0 Å². The Labute approximate surface area is 164 Å². The zero-order valence-electron chi connectivity index (χ0n) is 15.1. The number of ether oxygens (including phenoxy) is 1. The number of furan rings is 1. The SMILES string of the molecule is COc1cc(NC(=S)N(Cc2ccco2)C2CCN(C)CC2)ccc1Cl. The predicted octanol–water partition coefficient (Wildman–Crippen LogP) is 4.23. The first kappa shape index (κ1) is 19.0. The van der Waals surface area contributed by atoms with E-state index in [0.29, 0.717) is 28.5 Å². The van der Waals surface area contributed by atoms with E-state index >= 15 is 0 Å². The lowest BCUT2D eigenvalue weighted by molar-refractivity contribution is 0.168. The van der Waals surface area contributed by atoms with Crippen LogP contribution >= 0.6 is 23.8 Å². The third kappa shape index (κ3) is 4.69. The summed E-state index contributed by atoms with van der Waals surface area (Å²) in [6.45, 7) is 2.78. The Morgan fingerprint density at radius 1 is 1.38 bits per heavy atom. The van der Waals surface area contributed by atoms with Gasteiger partial charge in [-0.1, -0.05) is 11.6 Å². The number of nitrogens with zero attached hydrogens (tertiary/aromatic N) is 2. The molecule has 1 aliphatic rings. The van der Waals surface area contributed by atoms with Gasteiger partial charge >= 0.3 is 0 Å². The van der Waals surface area contributed by atoms with E-state index in [0.717, 1.165) is 37.4 Å². The van der Waals surface area contributed by atoms with Crippen molar-refractivity contribution in [3.63, 3.8) is 0 Å². The van der Waals surface area contributed by atoms with E-state index in [2.05, 4.69) is 22.2 Å². The number of hydrogen-bond donors (Lipinski definition) is 1. The molecule has 26 heavy (non-hydrogen) atoms. The molecule has 1 saturated heterocycles. The molecule has 0 unspecified atom stereocenters. The van der Waals surface area contributed by atoms with Crippen molar-refractivity contribution in [2.24, 2.45) is 0 Å². The molecular weight excluding hydrogens is 370 g/mol. The molecule has 2 heterocycles. The Hall–Kier alpha value is -1.76. The van der Waals surface area contributed by atoms with Crippen molar-refractivity contribution in [3.05, 3.63) is 47.4 Å². The molecule has 0 radical (unpaired) electrons. The van der Waals surface area contributed by atoms with Crippen LogP contribution in [0.2, 0.25) is 5.02 Å². The molecule has 0 spiro atoms. The number of halogens is 1. The second kappa shape index (κ2) is 8.75. The van der Waals surface area contributed by atoms with Crippen molar-refractivity contribution in [1.29, 1.82) is 0 Å². The highest BCUT2D eigenvalue weighted by atomic mass is 35.5. The molecule has 0 bridgehead atoms. The van der Waals surface area contributed by atoms with Gasteiger partial charge in [-0.25, -0.2) is 0 Å².